The van der Waals surface area contributed by atoms with Crippen LogP contribution in [0.5, 0.6) is 0 Å². The van der Waals surface area contributed by atoms with E-state index in [-0.39, 0.29) is 0 Å². The SMILES string of the molecule is Cc1cc(NCCCN)c2cc(Cl)cc(Cl)c2n1. The number of pyridine rings is 1. The molecule has 0 bridgehead atoms. The number of hydrogen-bond acceptors (Lipinski definition) is 3. The Balaban J connectivity index is 2.50. The fourth-order valence-electron chi connectivity index (χ4n) is 1.85. The molecule has 96 valence electrons. The Kier molecular flexibility index (Phi) is 4.27. The number of benzene rings is 1. The van der Waals surface area contributed by atoms with Crippen LogP contribution in [0, 0.1) is 6.92 Å². The maximum atomic E-state index is 6.17. The van der Waals surface area contributed by atoms with Gasteiger partial charge in [0.05, 0.1) is 10.5 Å². The van der Waals surface area contributed by atoms with Gasteiger partial charge in [-0.25, -0.2) is 0 Å². The average molecular weight is 284 g/mol. The van der Waals surface area contributed by atoms with Gasteiger partial charge in [0.1, 0.15) is 0 Å². The molecule has 3 nitrogen and oxygen atoms in total. The molecule has 0 radical (unpaired) electrons. The van der Waals surface area contributed by atoms with E-state index < -0.39 is 0 Å². The highest BCUT2D eigenvalue weighted by atomic mass is 35.5. The molecule has 5 heteroatoms. The van der Waals surface area contributed by atoms with Gasteiger partial charge in [0.25, 0.3) is 0 Å². The number of rotatable bonds is 4. The Bertz CT molecular complexity index is 570. The highest BCUT2D eigenvalue weighted by Crippen LogP contribution is 2.31. The molecule has 0 aliphatic heterocycles. The van der Waals surface area contributed by atoms with E-state index >= 15 is 0 Å². The first-order valence-electron chi connectivity index (χ1n) is 5.82. The van der Waals surface area contributed by atoms with Crippen molar-refractivity contribution < 1.29 is 0 Å². The summed E-state index contributed by atoms with van der Waals surface area (Å²) >= 11 is 12.2. The lowest BCUT2D eigenvalue weighted by atomic mass is 10.1. The van der Waals surface area contributed by atoms with Crippen molar-refractivity contribution in [2.45, 2.75) is 13.3 Å². The number of nitrogens with one attached hydrogen (secondary N) is 1. The fourth-order valence-corrected chi connectivity index (χ4v) is 2.39. The monoisotopic (exact) mass is 283 g/mol. The maximum Gasteiger partial charge on any atom is 0.0913 e. The Morgan fingerprint density at radius 1 is 1.28 bits per heavy atom. The zero-order valence-corrected chi connectivity index (χ0v) is 11.6. The molecule has 3 N–H and O–H groups in total. The first-order valence-corrected chi connectivity index (χ1v) is 6.57. The van der Waals surface area contributed by atoms with E-state index in [1.54, 1.807) is 6.07 Å². The van der Waals surface area contributed by atoms with Gasteiger partial charge in [0.2, 0.25) is 0 Å². The standard InChI is InChI=1S/C13H15Cl2N3/c1-8-5-12(17-4-2-3-16)10-6-9(14)7-11(15)13(10)18-8/h5-7H,2-4,16H2,1H3,(H,17,18). The summed E-state index contributed by atoms with van der Waals surface area (Å²) in [7, 11) is 0. The van der Waals surface area contributed by atoms with Gasteiger partial charge in [-0.3, -0.25) is 4.98 Å². The van der Waals surface area contributed by atoms with Crippen LogP contribution in [0.4, 0.5) is 5.69 Å². The Hall–Kier alpha value is -1.03. The van der Waals surface area contributed by atoms with Gasteiger partial charge in [-0.2, -0.15) is 0 Å². The van der Waals surface area contributed by atoms with Gasteiger partial charge >= 0.3 is 0 Å². The van der Waals surface area contributed by atoms with Crippen molar-refractivity contribution in [3.8, 4) is 0 Å². The second kappa shape index (κ2) is 5.74. The van der Waals surface area contributed by atoms with Crippen LogP contribution in [0.3, 0.4) is 0 Å². The number of anilines is 1. The molecule has 18 heavy (non-hydrogen) atoms. The molecular weight excluding hydrogens is 269 g/mol. The number of aryl methyl sites for hydroxylation is 1. The molecule has 1 aromatic carbocycles. The predicted molar refractivity (Wildman–Crippen MR) is 78.7 cm³/mol. The van der Waals surface area contributed by atoms with Gasteiger partial charge in [-0.1, -0.05) is 23.2 Å². The van der Waals surface area contributed by atoms with E-state index in [9.17, 15) is 0 Å². The van der Waals surface area contributed by atoms with Crippen LogP contribution in [0.2, 0.25) is 10.0 Å². The number of hydrogen-bond donors (Lipinski definition) is 2. The minimum absolute atomic E-state index is 0.572. The molecule has 1 aromatic heterocycles. The molecule has 0 saturated carbocycles. The lowest BCUT2D eigenvalue weighted by Gasteiger charge is -2.11. The van der Waals surface area contributed by atoms with Crippen molar-refractivity contribution >= 4 is 39.8 Å². The fraction of sp³-hybridized carbons (Fsp3) is 0.308. The minimum atomic E-state index is 0.572. The Morgan fingerprint density at radius 2 is 2.06 bits per heavy atom. The maximum absolute atomic E-state index is 6.17. The molecule has 0 saturated heterocycles. The molecule has 0 unspecified atom stereocenters. The second-order valence-corrected chi connectivity index (χ2v) is 5.01. The largest absolute Gasteiger partial charge is 0.384 e. The van der Waals surface area contributed by atoms with E-state index in [0.717, 1.165) is 35.2 Å². The number of nitrogens with zero attached hydrogens (tertiary/aromatic N) is 1. The quantitative estimate of drug-likeness (QED) is 0.843. The van der Waals surface area contributed by atoms with Crippen molar-refractivity contribution in [3.63, 3.8) is 0 Å². The van der Waals surface area contributed by atoms with Crippen LogP contribution in [0.1, 0.15) is 12.1 Å². The summed E-state index contributed by atoms with van der Waals surface area (Å²) < 4.78 is 0. The number of fused-ring (bicyclic) bond motifs is 1. The van der Waals surface area contributed by atoms with Crippen LogP contribution in [0.15, 0.2) is 18.2 Å². The van der Waals surface area contributed by atoms with Crippen molar-refractivity contribution in [3.05, 3.63) is 33.9 Å². The van der Waals surface area contributed by atoms with Crippen molar-refractivity contribution in [2.75, 3.05) is 18.4 Å². The molecule has 0 amide bonds. The third-order valence-corrected chi connectivity index (χ3v) is 3.16. The Morgan fingerprint density at radius 3 is 2.78 bits per heavy atom. The first-order chi connectivity index (χ1) is 8.61. The highest BCUT2D eigenvalue weighted by molar-refractivity contribution is 6.38. The summed E-state index contributed by atoms with van der Waals surface area (Å²) in [4.78, 5) is 4.45. The molecule has 0 aliphatic rings. The third-order valence-electron chi connectivity index (χ3n) is 2.66. The molecular formula is C13H15Cl2N3. The zero-order valence-electron chi connectivity index (χ0n) is 10.1. The van der Waals surface area contributed by atoms with Gasteiger partial charge in [0.15, 0.2) is 0 Å². The van der Waals surface area contributed by atoms with E-state index in [1.165, 1.54) is 0 Å². The number of nitrogens with two attached hydrogens (primary N) is 1. The van der Waals surface area contributed by atoms with Crippen LogP contribution in [-0.4, -0.2) is 18.1 Å². The van der Waals surface area contributed by atoms with Crippen molar-refractivity contribution in [1.29, 1.82) is 0 Å². The van der Waals surface area contributed by atoms with Crippen molar-refractivity contribution in [2.24, 2.45) is 5.73 Å². The summed E-state index contributed by atoms with van der Waals surface area (Å²) in [6.45, 7) is 3.42. The molecule has 2 aromatic rings. The van der Waals surface area contributed by atoms with E-state index in [0.29, 0.717) is 16.6 Å². The summed E-state index contributed by atoms with van der Waals surface area (Å²) in [5, 5.41) is 5.47. The van der Waals surface area contributed by atoms with E-state index in [4.69, 9.17) is 28.9 Å². The summed E-state index contributed by atoms with van der Waals surface area (Å²) in [5.41, 5.74) is 8.18. The smallest absolute Gasteiger partial charge is 0.0913 e. The van der Waals surface area contributed by atoms with Crippen LogP contribution in [-0.2, 0) is 0 Å². The third kappa shape index (κ3) is 2.86. The molecule has 0 aliphatic carbocycles. The van der Waals surface area contributed by atoms with Gasteiger partial charge in [0, 0.05) is 28.3 Å². The highest BCUT2D eigenvalue weighted by Gasteiger charge is 2.08. The number of aromatic nitrogens is 1. The lowest BCUT2D eigenvalue weighted by molar-refractivity contribution is 0.875. The minimum Gasteiger partial charge on any atom is -0.384 e. The zero-order chi connectivity index (χ0) is 13.1. The van der Waals surface area contributed by atoms with Crippen LogP contribution >= 0.6 is 23.2 Å². The predicted octanol–water partition coefficient (Wildman–Crippen LogP) is 3.61. The van der Waals surface area contributed by atoms with Gasteiger partial charge in [-0.05, 0) is 38.1 Å². The molecule has 1 heterocycles. The summed E-state index contributed by atoms with van der Waals surface area (Å²) in [5.74, 6) is 0. The van der Waals surface area contributed by atoms with E-state index in [1.807, 2.05) is 19.1 Å². The van der Waals surface area contributed by atoms with Crippen molar-refractivity contribution in [1.82, 2.24) is 4.98 Å². The summed E-state index contributed by atoms with van der Waals surface area (Å²) in [6.07, 6.45) is 0.914. The van der Waals surface area contributed by atoms with E-state index in [2.05, 4.69) is 10.3 Å². The normalized spacial score (nSPS) is 10.9. The number of halogens is 2. The first kappa shape index (κ1) is 13.4. The molecule has 0 fully saturated rings. The molecule has 0 atom stereocenters. The average Bonchev–Trinajstić information content (AvgIpc) is 2.31. The summed E-state index contributed by atoms with van der Waals surface area (Å²) in [6, 6.07) is 5.58. The second-order valence-electron chi connectivity index (χ2n) is 4.16. The molecule has 0 spiro atoms. The molecule has 2 rings (SSSR count). The van der Waals surface area contributed by atoms with Crippen LogP contribution in [0.25, 0.3) is 10.9 Å². The van der Waals surface area contributed by atoms with Gasteiger partial charge < -0.3 is 11.1 Å². The topological polar surface area (TPSA) is 50.9 Å². The van der Waals surface area contributed by atoms with Crippen LogP contribution < -0.4 is 11.1 Å². The lowest BCUT2D eigenvalue weighted by Crippen LogP contribution is -2.09. The Labute approximate surface area is 116 Å². The van der Waals surface area contributed by atoms with Gasteiger partial charge in [-0.15, -0.1) is 0 Å².